The standard InChI is InChI=1S/C22H25ClN4O/c1-28-19-8-6-18(7-9-19)27-15-13-26(14-16-27)12-11-24-21-10-5-17-3-2-4-20(23)22(17)25-21/h2-10H,11-16H2,1H3,(H,24,25). The summed E-state index contributed by atoms with van der Waals surface area (Å²) in [6.45, 7) is 6.06. The molecule has 2 heterocycles. The molecule has 3 aromatic rings. The van der Waals surface area contributed by atoms with Crippen LogP contribution in [0.5, 0.6) is 5.75 Å². The van der Waals surface area contributed by atoms with Crippen molar-refractivity contribution in [2.75, 3.05) is 56.6 Å². The van der Waals surface area contributed by atoms with Gasteiger partial charge in [0.1, 0.15) is 11.6 Å². The number of pyridine rings is 1. The Balaban J connectivity index is 1.26. The van der Waals surface area contributed by atoms with Crippen LogP contribution in [-0.4, -0.2) is 56.3 Å². The summed E-state index contributed by atoms with van der Waals surface area (Å²) >= 11 is 6.26. The zero-order valence-electron chi connectivity index (χ0n) is 16.1. The Morgan fingerprint density at radius 1 is 1.00 bits per heavy atom. The average molecular weight is 397 g/mol. The Bertz CT molecular complexity index is 923. The Hall–Kier alpha value is -2.50. The van der Waals surface area contributed by atoms with Gasteiger partial charge in [-0.25, -0.2) is 4.98 Å². The van der Waals surface area contributed by atoms with Crippen molar-refractivity contribution >= 4 is 34.0 Å². The zero-order valence-corrected chi connectivity index (χ0v) is 16.8. The van der Waals surface area contributed by atoms with Gasteiger partial charge in [0.2, 0.25) is 0 Å². The molecule has 0 saturated carbocycles. The van der Waals surface area contributed by atoms with E-state index in [0.29, 0.717) is 5.02 Å². The van der Waals surface area contributed by atoms with E-state index in [0.717, 1.165) is 61.7 Å². The molecule has 0 amide bonds. The Morgan fingerprint density at radius 2 is 1.79 bits per heavy atom. The van der Waals surface area contributed by atoms with Gasteiger partial charge in [-0.3, -0.25) is 4.90 Å². The molecule has 0 bridgehead atoms. The molecule has 0 radical (unpaired) electrons. The average Bonchev–Trinajstić information content (AvgIpc) is 2.75. The van der Waals surface area contributed by atoms with Crippen LogP contribution in [0.4, 0.5) is 11.5 Å². The van der Waals surface area contributed by atoms with Gasteiger partial charge >= 0.3 is 0 Å². The van der Waals surface area contributed by atoms with Crippen molar-refractivity contribution in [3.05, 3.63) is 59.6 Å². The van der Waals surface area contributed by atoms with Crippen molar-refractivity contribution in [1.29, 1.82) is 0 Å². The lowest BCUT2D eigenvalue weighted by Crippen LogP contribution is -2.47. The van der Waals surface area contributed by atoms with Crippen molar-refractivity contribution in [3.8, 4) is 5.75 Å². The van der Waals surface area contributed by atoms with E-state index in [1.54, 1.807) is 7.11 Å². The predicted octanol–water partition coefficient (Wildman–Crippen LogP) is 4.13. The topological polar surface area (TPSA) is 40.6 Å². The number of para-hydroxylation sites is 1. The van der Waals surface area contributed by atoms with Crippen LogP contribution in [0.25, 0.3) is 10.9 Å². The predicted molar refractivity (Wildman–Crippen MR) is 117 cm³/mol. The summed E-state index contributed by atoms with van der Waals surface area (Å²) in [6.07, 6.45) is 0. The molecule has 1 aliphatic heterocycles. The van der Waals surface area contributed by atoms with Crippen LogP contribution in [-0.2, 0) is 0 Å². The highest BCUT2D eigenvalue weighted by Crippen LogP contribution is 2.23. The second-order valence-electron chi connectivity index (χ2n) is 6.96. The minimum atomic E-state index is 0.691. The van der Waals surface area contributed by atoms with Gasteiger partial charge in [-0.1, -0.05) is 23.7 Å². The van der Waals surface area contributed by atoms with Crippen LogP contribution in [0.1, 0.15) is 0 Å². The molecule has 146 valence electrons. The van der Waals surface area contributed by atoms with Crippen LogP contribution < -0.4 is 15.0 Å². The number of fused-ring (bicyclic) bond motifs is 1. The lowest BCUT2D eigenvalue weighted by Gasteiger charge is -2.36. The van der Waals surface area contributed by atoms with Gasteiger partial charge < -0.3 is 15.0 Å². The first-order valence-corrected chi connectivity index (χ1v) is 10.0. The molecule has 0 atom stereocenters. The largest absolute Gasteiger partial charge is 0.497 e. The first-order chi connectivity index (χ1) is 13.7. The molecule has 2 aromatic carbocycles. The first-order valence-electron chi connectivity index (χ1n) is 9.63. The molecular weight excluding hydrogens is 372 g/mol. The summed E-state index contributed by atoms with van der Waals surface area (Å²) in [5.74, 6) is 1.77. The third kappa shape index (κ3) is 4.32. The van der Waals surface area contributed by atoms with Crippen LogP contribution >= 0.6 is 11.6 Å². The summed E-state index contributed by atoms with van der Waals surface area (Å²) in [6, 6.07) is 18.2. The number of ether oxygens (including phenoxy) is 1. The number of aromatic nitrogens is 1. The number of anilines is 2. The second kappa shape index (κ2) is 8.67. The summed E-state index contributed by atoms with van der Waals surface area (Å²) in [5, 5.41) is 5.18. The molecule has 28 heavy (non-hydrogen) atoms. The van der Waals surface area contributed by atoms with Gasteiger partial charge in [0, 0.05) is 50.3 Å². The molecule has 1 N–H and O–H groups in total. The molecule has 1 aromatic heterocycles. The van der Waals surface area contributed by atoms with Crippen molar-refractivity contribution < 1.29 is 4.74 Å². The quantitative estimate of drug-likeness (QED) is 0.678. The van der Waals surface area contributed by atoms with E-state index in [4.69, 9.17) is 16.3 Å². The minimum absolute atomic E-state index is 0.691. The van der Waals surface area contributed by atoms with Crippen LogP contribution in [0, 0.1) is 0 Å². The monoisotopic (exact) mass is 396 g/mol. The molecule has 1 fully saturated rings. The SMILES string of the molecule is COc1ccc(N2CCN(CCNc3ccc4cccc(Cl)c4n3)CC2)cc1. The molecule has 0 unspecified atom stereocenters. The van der Waals surface area contributed by atoms with E-state index in [1.165, 1.54) is 5.69 Å². The lowest BCUT2D eigenvalue weighted by atomic mass is 10.2. The molecular formula is C22H25ClN4O. The van der Waals surface area contributed by atoms with Crippen LogP contribution in [0.3, 0.4) is 0 Å². The number of hydrogen-bond donors (Lipinski definition) is 1. The summed E-state index contributed by atoms with van der Waals surface area (Å²) < 4.78 is 5.24. The Labute approximate surface area is 170 Å². The number of halogens is 1. The van der Waals surface area contributed by atoms with Crippen molar-refractivity contribution in [2.24, 2.45) is 0 Å². The molecule has 1 aliphatic rings. The number of methoxy groups -OCH3 is 1. The maximum Gasteiger partial charge on any atom is 0.126 e. The number of nitrogens with zero attached hydrogens (tertiary/aromatic N) is 3. The normalized spacial score (nSPS) is 15.0. The van der Waals surface area contributed by atoms with Gasteiger partial charge in [-0.15, -0.1) is 0 Å². The third-order valence-corrected chi connectivity index (χ3v) is 5.52. The lowest BCUT2D eigenvalue weighted by molar-refractivity contribution is 0.267. The summed E-state index contributed by atoms with van der Waals surface area (Å²) in [4.78, 5) is 9.56. The molecule has 4 rings (SSSR count). The summed E-state index contributed by atoms with van der Waals surface area (Å²) in [7, 11) is 1.70. The van der Waals surface area contributed by atoms with Gasteiger partial charge in [0.05, 0.1) is 17.6 Å². The fourth-order valence-corrected chi connectivity index (χ4v) is 3.80. The van der Waals surface area contributed by atoms with E-state index in [1.807, 2.05) is 36.4 Å². The smallest absolute Gasteiger partial charge is 0.126 e. The van der Waals surface area contributed by atoms with Crippen molar-refractivity contribution in [2.45, 2.75) is 0 Å². The molecule has 5 nitrogen and oxygen atoms in total. The molecule has 0 spiro atoms. The highest BCUT2D eigenvalue weighted by atomic mass is 35.5. The van der Waals surface area contributed by atoms with Crippen LogP contribution in [0.15, 0.2) is 54.6 Å². The number of benzene rings is 2. The highest BCUT2D eigenvalue weighted by molar-refractivity contribution is 6.35. The Morgan fingerprint density at radius 3 is 2.54 bits per heavy atom. The Kier molecular flexibility index (Phi) is 5.84. The van der Waals surface area contributed by atoms with Gasteiger partial charge in [0.25, 0.3) is 0 Å². The molecule has 0 aliphatic carbocycles. The van der Waals surface area contributed by atoms with E-state index in [9.17, 15) is 0 Å². The molecule has 1 saturated heterocycles. The van der Waals surface area contributed by atoms with E-state index in [2.05, 4.69) is 38.3 Å². The third-order valence-electron chi connectivity index (χ3n) is 5.22. The van der Waals surface area contributed by atoms with Gasteiger partial charge in [-0.2, -0.15) is 0 Å². The highest BCUT2D eigenvalue weighted by Gasteiger charge is 2.16. The van der Waals surface area contributed by atoms with E-state index >= 15 is 0 Å². The van der Waals surface area contributed by atoms with Gasteiger partial charge in [0.15, 0.2) is 0 Å². The number of piperazine rings is 1. The zero-order chi connectivity index (χ0) is 19.3. The molecule has 6 heteroatoms. The number of nitrogens with one attached hydrogen (secondary N) is 1. The van der Waals surface area contributed by atoms with Crippen LogP contribution in [0.2, 0.25) is 5.02 Å². The number of rotatable bonds is 6. The fraction of sp³-hybridized carbons (Fsp3) is 0.318. The van der Waals surface area contributed by atoms with E-state index < -0.39 is 0 Å². The summed E-state index contributed by atoms with van der Waals surface area (Å²) in [5.41, 5.74) is 2.11. The maximum atomic E-state index is 6.26. The van der Waals surface area contributed by atoms with Gasteiger partial charge in [-0.05, 0) is 42.5 Å². The van der Waals surface area contributed by atoms with Crippen molar-refractivity contribution in [3.63, 3.8) is 0 Å². The maximum absolute atomic E-state index is 6.26. The second-order valence-corrected chi connectivity index (χ2v) is 7.37. The number of hydrogen-bond acceptors (Lipinski definition) is 5. The van der Waals surface area contributed by atoms with Crippen molar-refractivity contribution in [1.82, 2.24) is 9.88 Å². The van der Waals surface area contributed by atoms with E-state index in [-0.39, 0.29) is 0 Å². The first kappa shape index (κ1) is 18.8. The fourth-order valence-electron chi connectivity index (χ4n) is 3.57. The minimum Gasteiger partial charge on any atom is -0.497 e.